The number of anilines is 1. The van der Waals surface area contributed by atoms with Gasteiger partial charge in [-0.1, -0.05) is 6.07 Å². The molecule has 1 aliphatic heterocycles. The Morgan fingerprint density at radius 3 is 2.68 bits per heavy atom. The van der Waals surface area contributed by atoms with Crippen LogP contribution in [0.3, 0.4) is 0 Å². The molecular weight excluding hydrogens is 488 g/mol. The van der Waals surface area contributed by atoms with E-state index in [1.807, 2.05) is 38.1 Å². The van der Waals surface area contributed by atoms with Crippen LogP contribution in [0.25, 0.3) is 22.6 Å². The molecule has 1 aliphatic rings. The number of nitrogens with zero attached hydrogens (tertiary/aromatic N) is 6. The van der Waals surface area contributed by atoms with E-state index in [1.54, 1.807) is 26.2 Å². The van der Waals surface area contributed by atoms with Crippen LogP contribution in [-0.4, -0.2) is 70.0 Å². The number of ether oxygens (including phenoxy) is 1. The number of nitrogens with one attached hydrogen (secondary N) is 2. The minimum absolute atomic E-state index is 0.154. The van der Waals surface area contributed by atoms with E-state index < -0.39 is 30.4 Å². The molecule has 1 saturated heterocycles. The van der Waals surface area contributed by atoms with E-state index in [0.717, 1.165) is 17.0 Å². The van der Waals surface area contributed by atoms with E-state index in [9.17, 15) is 15.0 Å². The van der Waals surface area contributed by atoms with Crippen molar-refractivity contribution in [1.29, 1.82) is 0 Å². The first kappa shape index (κ1) is 25.6. The van der Waals surface area contributed by atoms with Crippen LogP contribution >= 0.6 is 0 Å². The van der Waals surface area contributed by atoms with Gasteiger partial charge in [-0.15, -0.1) is 0 Å². The number of rotatable bonds is 7. The molecule has 4 aromatic heterocycles. The van der Waals surface area contributed by atoms with Crippen molar-refractivity contribution in [2.45, 2.75) is 64.8 Å². The van der Waals surface area contributed by atoms with Crippen LogP contribution in [-0.2, 0) is 16.1 Å². The van der Waals surface area contributed by atoms with Crippen LogP contribution in [0.5, 0.6) is 0 Å². The average Bonchev–Trinajstić information content (AvgIpc) is 3.43. The van der Waals surface area contributed by atoms with E-state index in [2.05, 4.69) is 25.6 Å². The number of amides is 1. The van der Waals surface area contributed by atoms with Crippen molar-refractivity contribution in [3.63, 3.8) is 0 Å². The van der Waals surface area contributed by atoms with E-state index in [4.69, 9.17) is 14.7 Å². The zero-order chi connectivity index (χ0) is 27.0. The molecular formula is C26H30N8O4. The number of hydrogen-bond donors (Lipinski definition) is 4. The van der Waals surface area contributed by atoms with Crippen molar-refractivity contribution in [2.24, 2.45) is 0 Å². The largest absolute Gasteiger partial charge is 0.387 e. The lowest BCUT2D eigenvalue weighted by Crippen LogP contribution is -2.45. The highest BCUT2D eigenvalue weighted by molar-refractivity contribution is 5.85. The molecule has 0 saturated carbocycles. The Labute approximate surface area is 219 Å². The SMILES string of the molecule is Cc1cncc(-c2nc(NCc3cccc(C)n3)c3ncn([C@@H]4O[C@H](C(=O)NC(C)C)[C@@H](O)[C@H]4O)c3n2)c1. The molecule has 38 heavy (non-hydrogen) atoms. The molecule has 5 rings (SSSR count). The summed E-state index contributed by atoms with van der Waals surface area (Å²) in [6, 6.07) is 7.53. The van der Waals surface area contributed by atoms with Crippen molar-refractivity contribution in [2.75, 3.05) is 5.32 Å². The maximum Gasteiger partial charge on any atom is 0.252 e. The van der Waals surface area contributed by atoms with Gasteiger partial charge >= 0.3 is 0 Å². The highest BCUT2D eigenvalue weighted by atomic mass is 16.6. The number of carbonyl (C=O) groups excluding carboxylic acids is 1. The zero-order valence-corrected chi connectivity index (χ0v) is 21.5. The molecule has 5 heterocycles. The van der Waals surface area contributed by atoms with Gasteiger partial charge in [0.2, 0.25) is 0 Å². The van der Waals surface area contributed by atoms with Crippen molar-refractivity contribution in [3.05, 3.63) is 59.9 Å². The molecule has 4 aromatic rings. The number of aromatic nitrogens is 6. The molecule has 1 amide bonds. The fraction of sp³-hybridized carbons (Fsp3) is 0.385. The Hall–Kier alpha value is -4.00. The van der Waals surface area contributed by atoms with Crippen LogP contribution in [0.2, 0.25) is 0 Å². The van der Waals surface area contributed by atoms with Gasteiger partial charge in [0, 0.05) is 29.7 Å². The summed E-state index contributed by atoms with van der Waals surface area (Å²) in [6.45, 7) is 7.85. The van der Waals surface area contributed by atoms with Crippen molar-refractivity contribution in [3.8, 4) is 11.4 Å². The average molecular weight is 519 g/mol. The standard InChI is InChI=1S/C26H30N8O4/c1-13(2)30-25(37)21-19(35)20(36)26(38-21)34-12-29-18-23(28-11-17-7-5-6-15(4)31-17)32-22(33-24(18)34)16-8-14(3)9-27-10-16/h5-10,12-13,19-21,26,35-36H,11H2,1-4H3,(H,30,37)(H,28,32,33)/t19-,20+,21-,26+/m0/s1. The summed E-state index contributed by atoms with van der Waals surface area (Å²) in [5.74, 6) is 0.334. The third-order valence-electron chi connectivity index (χ3n) is 6.14. The molecule has 12 nitrogen and oxygen atoms in total. The minimum Gasteiger partial charge on any atom is -0.387 e. The Morgan fingerprint density at radius 2 is 1.95 bits per heavy atom. The molecule has 0 aromatic carbocycles. The second kappa shape index (κ2) is 10.4. The number of aliphatic hydroxyl groups excluding tert-OH is 2. The number of hydrogen-bond acceptors (Lipinski definition) is 10. The first-order chi connectivity index (χ1) is 18.2. The molecule has 1 fully saturated rings. The molecule has 0 unspecified atom stereocenters. The van der Waals surface area contributed by atoms with E-state index in [0.29, 0.717) is 34.9 Å². The van der Waals surface area contributed by atoms with Gasteiger partial charge in [-0.2, -0.15) is 0 Å². The number of aliphatic hydroxyl groups is 2. The highest BCUT2D eigenvalue weighted by Gasteiger charge is 2.48. The Bertz CT molecular complexity index is 1470. The maximum atomic E-state index is 12.6. The summed E-state index contributed by atoms with van der Waals surface area (Å²) in [5.41, 5.74) is 4.15. The lowest BCUT2D eigenvalue weighted by Gasteiger charge is -2.17. The van der Waals surface area contributed by atoms with E-state index in [-0.39, 0.29) is 6.04 Å². The van der Waals surface area contributed by atoms with Crippen molar-refractivity contribution in [1.82, 2.24) is 34.8 Å². The summed E-state index contributed by atoms with van der Waals surface area (Å²) < 4.78 is 7.37. The third-order valence-corrected chi connectivity index (χ3v) is 6.14. The molecule has 12 heteroatoms. The second-order valence-electron chi connectivity index (χ2n) is 9.69. The highest BCUT2D eigenvalue weighted by Crippen LogP contribution is 2.33. The quantitative estimate of drug-likeness (QED) is 0.283. The first-order valence-electron chi connectivity index (χ1n) is 12.4. The topological polar surface area (TPSA) is 160 Å². The lowest BCUT2D eigenvalue weighted by molar-refractivity contribution is -0.138. The smallest absolute Gasteiger partial charge is 0.252 e. The zero-order valence-electron chi connectivity index (χ0n) is 21.5. The van der Waals surface area contributed by atoms with Crippen molar-refractivity contribution < 1.29 is 19.7 Å². The molecule has 0 aliphatic carbocycles. The van der Waals surface area contributed by atoms with E-state index in [1.165, 1.54) is 10.9 Å². The molecule has 0 bridgehead atoms. The number of imidazole rings is 1. The maximum absolute atomic E-state index is 12.6. The second-order valence-corrected chi connectivity index (χ2v) is 9.69. The van der Waals surface area contributed by atoms with Crippen LogP contribution in [0.4, 0.5) is 5.82 Å². The van der Waals surface area contributed by atoms with Gasteiger partial charge in [0.15, 0.2) is 35.1 Å². The number of pyridine rings is 2. The summed E-state index contributed by atoms with van der Waals surface area (Å²) in [6.07, 6.45) is -0.300. The minimum atomic E-state index is -1.43. The Kier molecular flexibility index (Phi) is 7.02. The molecule has 4 N–H and O–H groups in total. The van der Waals surface area contributed by atoms with Gasteiger partial charge < -0.3 is 25.6 Å². The van der Waals surface area contributed by atoms with Gasteiger partial charge in [-0.25, -0.2) is 15.0 Å². The summed E-state index contributed by atoms with van der Waals surface area (Å²) in [5, 5.41) is 27.4. The van der Waals surface area contributed by atoms with E-state index >= 15 is 0 Å². The van der Waals surface area contributed by atoms with Crippen LogP contribution in [0.15, 0.2) is 43.0 Å². The predicted molar refractivity (Wildman–Crippen MR) is 139 cm³/mol. The van der Waals surface area contributed by atoms with Crippen LogP contribution in [0.1, 0.15) is 37.0 Å². The van der Waals surface area contributed by atoms with Gasteiger partial charge in [0.25, 0.3) is 5.91 Å². The molecule has 4 atom stereocenters. The number of fused-ring (bicyclic) bond motifs is 1. The third kappa shape index (κ3) is 5.05. The van der Waals surface area contributed by atoms with Gasteiger partial charge in [0.05, 0.1) is 18.6 Å². The van der Waals surface area contributed by atoms with Gasteiger partial charge in [-0.3, -0.25) is 19.3 Å². The number of carbonyl (C=O) groups is 1. The number of aryl methyl sites for hydroxylation is 2. The molecule has 0 spiro atoms. The van der Waals surface area contributed by atoms with Crippen LogP contribution < -0.4 is 10.6 Å². The summed E-state index contributed by atoms with van der Waals surface area (Å²) in [7, 11) is 0. The summed E-state index contributed by atoms with van der Waals surface area (Å²) >= 11 is 0. The summed E-state index contributed by atoms with van der Waals surface area (Å²) in [4.78, 5) is 35.3. The molecule has 0 radical (unpaired) electrons. The monoisotopic (exact) mass is 518 g/mol. The van der Waals surface area contributed by atoms with Gasteiger partial charge in [-0.05, 0) is 51.5 Å². The Balaban J connectivity index is 1.55. The molecule has 198 valence electrons. The Morgan fingerprint density at radius 1 is 1.13 bits per heavy atom. The van der Waals surface area contributed by atoms with Crippen molar-refractivity contribution >= 4 is 22.9 Å². The van der Waals surface area contributed by atoms with Gasteiger partial charge in [0.1, 0.15) is 12.2 Å². The van der Waals surface area contributed by atoms with Crippen LogP contribution in [0, 0.1) is 13.8 Å². The first-order valence-corrected chi connectivity index (χ1v) is 12.4. The fourth-order valence-corrected chi connectivity index (χ4v) is 4.38. The fourth-order valence-electron chi connectivity index (χ4n) is 4.38. The lowest BCUT2D eigenvalue weighted by atomic mass is 10.1. The predicted octanol–water partition coefficient (Wildman–Crippen LogP) is 1.66. The normalized spacial score (nSPS) is 21.2.